The Kier molecular flexibility index (Phi) is 6.91. The minimum atomic E-state index is -1.20. The quantitative estimate of drug-likeness (QED) is 0.486. The van der Waals surface area contributed by atoms with E-state index >= 15 is 0 Å². The number of amides is 2. The van der Waals surface area contributed by atoms with E-state index in [4.69, 9.17) is 4.74 Å². The minimum absolute atomic E-state index is 0.0482. The topological polar surface area (TPSA) is 105 Å². The van der Waals surface area contributed by atoms with Crippen LogP contribution in [0.2, 0.25) is 0 Å². The van der Waals surface area contributed by atoms with Crippen molar-refractivity contribution in [3.63, 3.8) is 0 Å². The van der Waals surface area contributed by atoms with E-state index in [1.165, 1.54) is 0 Å². The predicted molar refractivity (Wildman–Crippen MR) is 128 cm³/mol. The van der Waals surface area contributed by atoms with Crippen LogP contribution in [0.25, 0.3) is 11.1 Å². The zero-order valence-electron chi connectivity index (χ0n) is 19.7. The van der Waals surface area contributed by atoms with Crippen LogP contribution in [0, 0.1) is 11.8 Å². The van der Waals surface area contributed by atoms with Crippen molar-refractivity contribution in [2.45, 2.75) is 51.0 Å². The maximum atomic E-state index is 12.9. The Morgan fingerprint density at radius 3 is 2.18 bits per heavy atom. The lowest BCUT2D eigenvalue weighted by molar-refractivity contribution is -0.142. The SMILES string of the molecule is CCC(C)(NC(=O)OCC1c2ccccc2-c2ccccc21)C(=O)NCC(CC1CC1)C(=O)O. The molecule has 7 heteroatoms. The Balaban J connectivity index is 1.35. The number of alkyl carbamates (subject to hydrolysis) is 1. The van der Waals surface area contributed by atoms with Crippen LogP contribution in [0.4, 0.5) is 4.79 Å². The molecule has 3 N–H and O–H groups in total. The summed E-state index contributed by atoms with van der Waals surface area (Å²) >= 11 is 0. The fourth-order valence-corrected chi connectivity index (χ4v) is 4.60. The van der Waals surface area contributed by atoms with Gasteiger partial charge < -0.3 is 20.5 Å². The molecule has 0 radical (unpaired) electrons. The summed E-state index contributed by atoms with van der Waals surface area (Å²) in [7, 11) is 0. The molecule has 0 heterocycles. The molecule has 2 aliphatic carbocycles. The van der Waals surface area contributed by atoms with Crippen LogP contribution >= 0.6 is 0 Å². The lowest BCUT2D eigenvalue weighted by Gasteiger charge is -2.29. The average Bonchev–Trinajstić information content (AvgIpc) is 3.60. The monoisotopic (exact) mass is 464 g/mol. The molecule has 0 aliphatic heterocycles. The van der Waals surface area contributed by atoms with Gasteiger partial charge in [0.15, 0.2) is 0 Å². The van der Waals surface area contributed by atoms with E-state index in [1.54, 1.807) is 13.8 Å². The van der Waals surface area contributed by atoms with Gasteiger partial charge in [-0.15, -0.1) is 0 Å². The van der Waals surface area contributed by atoms with E-state index in [1.807, 2.05) is 36.4 Å². The number of nitrogens with one attached hydrogen (secondary N) is 2. The maximum absolute atomic E-state index is 12.9. The van der Waals surface area contributed by atoms with Gasteiger partial charge in [-0.2, -0.15) is 0 Å². The Morgan fingerprint density at radius 1 is 1.06 bits per heavy atom. The highest BCUT2D eigenvalue weighted by atomic mass is 16.5. The highest BCUT2D eigenvalue weighted by molar-refractivity contribution is 5.90. The van der Waals surface area contributed by atoms with Crippen LogP contribution in [0.1, 0.15) is 56.6 Å². The minimum Gasteiger partial charge on any atom is -0.481 e. The number of benzene rings is 2. The van der Waals surface area contributed by atoms with Gasteiger partial charge in [0.1, 0.15) is 12.1 Å². The van der Waals surface area contributed by atoms with Crippen molar-refractivity contribution in [2.75, 3.05) is 13.2 Å². The van der Waals surface area contributed by atoms with Gasteiger partial charge in [-0.1, -0.05) is 68.3 Å². The largest absolute Gasteiger partial charge is 0.481 e. The van der Waals surface area contributed by atoms with Gasteiger partial charge in [0.25, 0.3) is 0 Å². The Labute approximate surface area is 199 Å². The second-order valence-corrected chi connectivity index (χ2v) is 9.56. The molecule has 1 saturated carbocycles. The third-order valence-electron chi connectivity index (χ3n) is 7.10. The lowest BCUT2D eigenvalue weighted by atomic mass is 9.96. The van der Waals surface area contributed by atoms with Crippen molar-refractivity contribution in [1.29, 1.82) is 0 Å². The van der Waals surface area contributed by atoms with Crippen LogP contribution < -0.4 is 10.6 Å². The molecule has 4 rings (SSSR count). The number of carboxylic acids is 1. The van der Waals surface area contributed by atoms with Gasteiger partial charge in [0.05, 0.1) is 5.92 Å². The molecule has 2 aromatic rings. The van der Waals surface area contributed by atoms with Crippen molar-refractivity contribution < 1.29 is 24.2 Å². The normalized spacial score (nSPS) is 17.1. The number of carbonyl (C=O) groups excluding carboxylic acids is 2. The number of fused-ring (bicyclic) bond motifs is 3. The van der Waals surface area contributed by atoms with Gasteiger partial charge in [0.2, 0.25) is 5.91 Å². The van der Waals surface area contributed by atoms with Gasteiger partial charge in [-0.25, -0.2) is 4.79 Å². The first-order valence-electron chi connectivity index (χ1n) is 12.0. The summed E-state index contributed by atoms with van der Waals surface area (Å²) in [5.74, 6) is -1.57. The number of hydrogen-bond acceptors (Lipinski definition) is 4. The van der Waals surface area contributed by atoms with E-state index in [9.17, 15) is 19.5 Å². The molecule has 1 fully saturated rings. The highest BCUT2D eigenvalue weighted by Crippen LogP contribution is 2.44. The first-order chi connectivity index (χ1) is 16.3. The number of carboxylic acid groups (broad SMARTS) is 1. The van der Waals surface area contributed by atoms with Gasteiger partial charge in [-0.05, 0) is 47.9 Å². The first-order valence-corrected chi connectivity index (χ1v) is 12.0. The van der Waals surface area contributed by atoms with E-state index < -0.39 is 29.4 Å². The maximum Gasteiger partial charge on any atom is 0.408 e. The third-order valence-corrected chi connectivity index (χ3v) is 7.10. The highest BCUT2D eigenvalue weighted by Gasteiger charge is 2.36. The molecular weight excluding hydrogens is 432 g/mol. The lowest BCUT2D eigenvalue weighted by Crippen LogP contribution is -2.57. The second kappa shape index (κ2) is 9.87. The number of ether oxygens (including phenoxy) is 1. The Morgan fingerprint density at radius 2 is 1.65 bits per heavy atom. The van der Waals surface area contributed by atoms with Crippen LogP contribution in [-0.2, 0) is 14.3 Å². The summed E-state index contributed by atoms with van der Waals surface area (Å²) < 4.78 is 5.59. The standard InChI is InChI=1S/C27H32N2O5/c1-3-27(2,25(32)28-15-18(24(30)31)14-17-12-13-17)29-26(33)34-16-23-21-10-6-4-8-19(21)20-9-5-7-11-22(20)23/h4-11,17-18,23H,3,12-16H2,1-2H3,(H,28,32)(H,29,33)(H,30,31). The van der Waals surface area contributed by atoms with Crippen LogP contribution in [0.5, 0.6) is 0 Å². The molecule has 0 bridgehead atoms. The van der Waals surface area contributed by atoms with Crippen molar-refractivity contribution in [2.24, 2.45) is 11.8 Å². The predicted octanol–water partition coefficient (Wildman–Crippen LogP) is 4.31. The first kappa shape index (κ1) is 23.8. The number of carbonyl (C=O) groups is 3. The number of aliphatic carboxylic acids is 1. The molecule has 34 heavy (non-hydrogen) atoms. The smallest absolute Gasteiger partial charge is 0.408 e. The third kappa shape index (κ3) is 5.08. The molecule has 2 aliphatic rings. The second-order valence-electron chi connectivity index (χ2n) is 9.56. The molecule has 0 aromatic heterocycles. The van der Waals surface area contributed by atoms with E-state index in [0.717, 1.165) is 35.1 Å². The molecule has 2 aromatic carbocycles. The summed E-state index contributed by atoms with van der Waals surface area (Å²) in [6.07, 6.45) is 2.33. The Hall–Kier alpha value is -3.35. The molecule has 2 amide bonds. The van der Waals surface area contributed by atoms with Crippen molar-refractivity contribution in [1.82, 2.24) is 10.6 Å². The van der Waals surface area contributed by atoms with E-state index in [-0.39, 0.29) is 19.1 Å². The molecule has 0 saturated heterocycles. The summed E-state index contributed by atoms with van der Waals surface area (Å²) in [6, 6.07) is 16.2. The molecule has 2 unspecified atom stereocenters. The molecule has 180 valence electrons. The summed E-state index contributed by atoms with van der Waals surface area (Å²) in [4.78, 5) is 37.1. The summed E-state index contributed by atoms with van der Waals surface area (Å²) in [6.45, 7) is 3.62. The molecular formula is C27H32N2O5. The fourth-order valence-electron chi connectivity index (χ4n) is 4.60. The molecule has 7 nitrogen and oxygen atoms in total. The average molecular weight is 465 g/mol. The van der Waals surface area contributed by atoms with E-state index in [0.29, 0.717) is 18.8 Å². The van der Waals surface area contributed by atoms with E-state index in [2.05, 4.69) is 22.8 Å². The summed E-state index contributed by atoms with van der Waals surface area (Å²) in [5, 5.41) is 14.9. The van der Waals surface area contributed by atoms with Crippen LogP contribution in [0.15, 0.2) is 48.5 Å². The van der Waals surface area contributed by atoms with Gasteiger partial charge >= 0.3 is 12.1 Å². The number of hydrogen-bond donors (Lipinski definition) is 3. The van der Waals surface area contributed by atoms with Gasteiger partial charge in [-0.3, -0.25) is 9.59 Å². The van der Waals surface area contributed by atoms with Crippen LogP contribution in [-0.4, -0.2) is 41.8 Å². The fraction of sp³-hybridized carbons (Fsp3) is 0.444. The van der Waals surface area contributed by atoms with Crippen LogP contribution in [0.3, 0.4) is 0 Å². The zero-order valence-corrected chi connectivity index (χ0v) is 19.7. The molecule has 2 atom stereocenters. The van der Waals surface area contributed by atoms with Crippen molar-refractivity contribution >= 4 is 18.0 Å². The van der Waals surface area contributed by atoms with Gasteiger partial charge in [0, 0.05) is 12.5 Å². The molecule has 0 spiro atoms. The number of rotatable bonds is 10. The van der Waals surface area contributed by atoms with Crippen molar-refractivity contribution in [3.8, 4) is 11.1 Å². The summed E-state index contributed by atoms with van der Waals surface area (Å²) in [5.41, 5.74) is 3.31. The van der Waals surface area contributed by atoms with Crippen molar-refractivity contribution in [3.05, 3.63) is 59.7 Å². The zero-order chi connectivity index (χ0) is 24.3. The Bertz CT molecular complexity index is 1030.